The van der Waals surface area contributed by atoms with Gasteiger partial charge in [0.05, 0.1) is 40.9 Å². The van der Waals surface area contributed by atoms with Crippen LogP contribution >= 0.6 is 0 Å². The second-order valence-electron chi connectivity index (χ2n) is 12.4. The molecule has 9 nitrogen and oxygen atoms in total. The third-order valence-electron chi connectivity index (χ3n) is 8.94. The Hall–Kier alpha value is -5.70. The van der Waals surface area contributed by atoms with Crippen LogP contribution in [0, 0.1) is 20.8 Å². The third-order valence-corrected chi connectivity index (χ3v) is 8.94. The second kappa shape index (κ2) is 11.6. The molecule has 7 rings (SSSR count). The Morgan fingerprint density at radius 2 is 1.53 bits per heavy atom. The summed E-state index contributed by atoms with van der Waals surface area (Å²) in [5, 5.41) is 12.2. The van der Waals surface area contributed by atoms with E-state index >= 15 is 0 Å². The lowest BCUT2D eigenvalue weighted by Crippen LogP contribution is -2.24. The van der Waals surface area contributed by atoms with Gasteiger partial charge in [-0.05, 0) is 104 Å². The summed E-state index contributed by atoms with van der Waals surface area (Å²) in [6.45, 7) is 7.35. The molecule has 0 atom stereocenters. The van der Waals surface area contributed by atoms with E-state index < -0.39 is 11.9 Å². The van der Waals surface area contributed by atoms with Gasteiger partial charge in [-0.2, -0.15) is 0 Å². The lowest BCUT2D eigenvalue weighted by molar-refractivity contribution is -0.128. The molecule has 4 heterocycles. The fourth-order valence-electron chi connectivity index (χ4n) is 6.86. The van der Waals surface area contributed by atoms with Gasteiger partial charge in [-0.15, -0.1) is 0 Å². The number of amides is 2. The number of carbonyl (C=O) groups is 3. The zero-order valence-corrected chi connectivity index (χ0v) is 26.4. The zero-order chi connectivity index (χ0) is 33.0. The number of carbonyl (C=O) groups excluding carboxylic acids is 2. The number of pyridine rings is 3. The minimum Gasteiger partial charge on any atom is -0.477 e. The normalized spacial score (nSPS) is 13.3. The van der Waals surface area contributed by atoms with E-state index in [1.165, 1.54) is 6.07 Å². The van der Waals surface area contributed by atoms with Crippen LogP contribution < -0.4 is 5.73 Å². The molecule has 2 amide bonds. The summed E-state index contributed by atoms with van der Waals surface area (Å²) in [4.78, 5) is 52.5. The Morgan fingerprint density at radius 3 is 2.28 bits per heavy atom. The largest absolute Gasteiger partial charge is 0.477 e. The van der Waals surface area contributed by atoms with Crippen LogP contribution in [0.15, 0.2) is 66.7 Å². The highest BCUT2D eigenvalue weighted by atomic mass is 16.4. The molecule has 0 radical (unpaired) electrons. The predicted octanol–water partition coefficient (Wildman–Crippen LogP) is 6.44. The molecule has 0 bridgehead atoms. The summed E-state index contributed by atoms with van der Waals surface area (Å²) >= 11 is 0. The minimum absolute atomic E-state index is 0.00977. The molecule has 47 heavy (non-hydrogen) atoms. The summed E-state index contributed by atoms with van der Waals surface area (Å²) in [6.07, 6.45) is 1.43. The number of benzene rings is 3. The molecule has 234 valence electrons. The number of aryl methyl sites for hydroxylation is 3. The maximum absolute atomic E-state index is 12.4. The summed E-state index contributed by atoms with van der Waals surface area (Å²) in [5.74, 6) is -1.41. The number of aromatic carboxylic acids is 1. The topological polar surface area (TPSA) is 139 Å². The van der Waals surface area contributed by atoms with E-state index in [-0.39, 0.29) is 18.0 Å². The highest BCUT2D eigenvalue weighted by Crippen LogP contribution is 2.43. The van der Waals surface area contributed by atoms with E-state index in [1.54, 1.807) is 6.07 Å². The lowest BCUT2D eigenvalue weighted by Gasteiger charge is -2.20. The van der Waals surface area contributed by atoms with Crippen LogP contribution in [0.2, 0.25) is 0 Å². The van der Waals surface area contributed by atoms with Gasteiger partial charge in [-0.3, -0.25) is 19.6 Å². The standard InChI is InChI=1S/C38H33N5O4/c1-20-15-23-7-8-25(19-43-14-4-5-33(43)45)41-36(23)28(16-20)35-22(3)17-29(37-27(35)10-9-24(40-37)18-32(39)44)34-21(2)6-12-30-26(34)11-13-31(42-30)38(46)47/h6-13,15-17H,4-5,14,18-19H2,1-3H3,(H2,39,44)(H,46,47). The number of carboxylic acids is 1. The van der Waals surface area contributed by atoms with Crippen molar-refractivity contribution in [3.8, 4) is 22.3 Å². The SMILES string of the molecule is Cc1cc(-c2c(C)cc(-c3c(C)ccc4nc(C(=O)O)ccc34)c3nc(CC(N)=O)ccc23)c2nc(CN3CCCC3=O)ccc2c1. The van der Waals surface area contributed by atoms with Gasteiger partial charge >= 0.3 is 5.97 Å². The van der Waals surface area contributed by atoms with E-state index in [0.29, 0.717) is 29.7 Å². The fraction of sp³-hybridized carbons (Fsp3) is 0.211. The minimum atomic E-state index is -1.09. The molecule has 1 aliphatic heterocycles. The van der Waals surface area contributed by atoms with Gasteiger partial charge < -0.3 is 15.7 Å². The van der Waals surface area contributed by atoms with Crippen molar-refractivity contribution in [1.29, 1.82) is 0 Å². The second-order valence-corrected chi connectivity index (χ2v) is 12.4. The molecule has 1 saturated heterocycles. The number of hydrogen-bond donors (Lipinski definition) is 2. The van der Waals surface area contributed by atoms with Gasteiger partial charge in [-0.1, -0.05) is 18.2 Å². The maximum Gasteiger partial charge on any atom is 0.354 e. The van der Waals surface area contributed by atoms with Gasteiger partial charge in [0.15, 0.2) is 0 Å². The Kier molecular flexibility index (Phi) is 7.39. The number of nitrogens with two attached hydrogens (primary N) is 1. The van der Waals surface area contributed by atoms with Gasteiger partial charge in [0.25, 0.3) is 0 Å². The zero-order valence-electron chi connectivity index (χ0n) is 26.4. The van der Waals surface area contributed by atoms with Crippen LogP contribution in [0.4, 0.5) is 0 Å². The molecule has 9 heteroatoms. The predicted molar refractivity (Wildman–Crippen MR) is 182 cm³/mol. The van der Waals surface area contributed by atoms with Crippen LogP contribution in [0.1, 0.15) is 51.4 Å². The highest BCUT2D eigenvalue weighted by Gasteiger charge is 2.23. The highest BCUT2D eigenvalue weighted by molar-refractivity contribution is 6.12. The van der Waals surface area contributed by atoms with Crippen molar-refractivity contribution in [3.05, 3.63) is 101 Å². The number of primary amides is 1. The van der Waals surface area contributed by atoms with Crippen molar-refractivity contribution in [3.63, 3.8) is 0 Å². The van der Waals surface area contributed by atoms with E-state index in [2.05, 4.69) is 43.1 Å². The molecule has 0 spiro atoms. The monoisotopic (exact) mass is 623 g/mol. The Balaban J connectivity index is 1.50. The number of hydrogen-bond acceptors (Lipinski definition) is 6. The first-order chi connectivity index (χ1) is 22.6. The van der Waals surface area contributed by atoms with E-state index in [9.17, 15) is 19.5 Å². The summed E-state index contributed by atoms with van der Waals surface area (Å²) in [7, 11) is 0. The van der Waals surface area contributed by atoms with Gasteiger partial charge in [-0.25, -0.2) is 9.78 Å². The van der Waals surface area contributed by atoms with Crippen LogP contribution in [0.5, 0.6) is 0 Å². The van der Waals surface area contributed by atoms with E-state index in [1.807, 2.05) is 42.2 Å². The van der Waals surface area contributed by atoms with Crippen molar-refractivity contribution in [2.45, 2.75) is 46.6 Å². The first kappa shape index (κ1) is 30.0. The van der Waals surface area contributed by atoms with Gasteiger partial charge in [0, 0.05) is 40.3 Å². The fourth-order valence-corrected chi connectivity index (χ4v) is 6.86. The van der Waals surface area contributed by atoms with E-state index in [0.717, 1.165) is 79.3 Å². The molecule has 6 aromatic rings. The lowest BCUT2D eigenvalue weighted by atomic mass is 9.87. The first-order valence-electron chi connectivity index (χ1n) is 15.6. The molecule has 3 aromatic carbocycles. The van der Waals surface area contributed by atoms with Crippen molar-refractivity contribution in [2.75, 3.05) is 6.54 Å². The molecular formula is C38H33N5O4. The summed E-state index contributed by atoms with van der Waals surface area (Å²) < 4.78 is 0. The number of rotatable bonds is 7. The molecule has 1 fully saturated rings. The molecule has 3 N–H and O–H groups in total. The molecule has 0 saturated carbocycles. The number of likely N-dealkylation sites (tertiary alicyclic amines) is 1. The molecule has 3 aromatic heterocycles. The van der Waals surface area contributed by atoms with Crippen LogP contribution in [0.25, 0.3) is 55.0 Å². The van der Waals surface area contributed by atoms with Crippen LogP contribution in [-0.2, 0) is 22.6 Å². The average molecular weight is 624 g/mol. The number of aromatic nitrogens is 3. The number of fused-ring (bicyclic) bond motifs is 3. The molecule has 0 unspecified atom stereocenters. The number of nitrogens with zero attached hydrogens (tertiary/aromatic N) is 4. The molecular weight excluding hydrogens is 590 g/mol. The van der Waals surface area contributed by atoms with Crippen LogP contribution in [-0.4, -0.2) is 49.3 Å². The number of carboxylic acid groups (broad SMARTS) is 1. The Morgan fingerprint density at radius 1 is 0.809 bits per heavy atom. The van der Waals surface area contributed by atoms with Crippen molar-refractivity contribution >= 4 is 50.5 Å². The Labute approximate surface area is 271 Å². The van der Waals surface area contributed by atoms with Gasteiger partial charge in [0.1, 0.15) is 5.69 Å². The average Bonchev–Trinajstić information content (AvgIpc) is 3.44. The smallest absolute Gasteiger partial charge is 0.354 e. The first-order valence-corrected chi connectivity index (χ1v) is 15.6. The maximum atomic E-state index is 12.4. The van der Waals surface area contributed by atoms with Crippen molar-refractivity contribution in [2.24, 2.45) is 5.73 Å². The summed E-state index contributed by atoms with van der Waals surface area (Å²) in [5.41, 5.74) is 15.7. The van der Waals surface area contributed by atoms with Crippen LogP contribution in [0.3, 0.4) is 0 Å². The van der Waals surface area contributed by atoms with Gasteiger partial charge in [0.2, 0.25) is 11.8 Å². The quantitative estimate of drug-likeness (QED) is 0.209. The van der Waals surface area contributed by atoms with Crippen molar-refractivity contribution < 1.29 is 19.5 Å². The van der Waals surface area contributed by atoms with E-state index in [4.69, 9.17) is 15.7 Å². The third kappa shape index (κ3) is 5.43. The Bertz CT molecular complexity index is 2310. The molecule has 0 aliphatic carbocycles. The molecule has 1 aliphatic rings. The van der Waals surface area contributed by atoms with Crippen molar-refractivity contribution in [1.82, 2.24) is 19.9 Å². The summed E-state index contributed by atoms with van der Waals surface area (Å²) in [6, 6.07) is 21.3.